The molecular weight excluding hydrogens is 236 g/mol. The molecule has 1 aliphatic rings. The summed E-state index contributed by atoms with van der Waals surface area (Å²) in [5.74, 6) is -0.345. The number of methoxy groups -OCH3 is 2. The average molecular weight is 248 g/mol. The Morgan fingerprint density at radius 3 is 1.80 bits per heavy atom. The van der Waals surface area contributed by atoms with Crippen LogP contribution in [0, 0.1) is 5.41 Å². The zero-order chi connectivity index (χ0) is 11.3. The Hall–Kier alpha value is -0.620. The van der Waals surface area contributed by atoms with Crippen LogP contribution in [-0.2, 0) is 19.1 Å². The number of hydrogen-bond donors (Lipinski definition) is 0. The van der Waals surface area contributed by atoms with Gasteiger partial charge in [0.15, 0.2) is 5.41 Å². The topological polar surface area (TPSA) is 52.6 Å². The van der Waals surface area contributed by atoms with Crippen molar-refractivity contribution in [3.63, 3.8) is 0 Å². The molecule has 0 saturated heterocycles. The standard InChI is InChI=1S/C9H12O4S2/c1-12-7(10)9(8(11)13-2)5-14-3-4-15-6-9/h3-4H,5-6H2,1-2H3. The van der Waals surface area contributed by atoms with Crippen molar-refractivity contribution in [3.8, 4) is 0 Å². The van der Waals surface area contributed by atoms with E-state index >= 15 is 0 Å². The summed E-state index contributed by atoms with van der Waals surface area (Å²) in [4.78, 5) is 23.3. The lowest BCUT2D eigenvalue weighted by Crippen LogP contribution is -2.45. The lowest BCUT2D eigenvalue weighted by molar-refractivity contribution is -0.165. The van der Waals surface area contributed by atoms with E-state index in [9.17, 15) is 9.59 Å². The highest BCUT2D eigenvalue weighted by Crippen LogP contribution is 2.34. The van der Waals surface area contributed by atoms with Gasteiger partial charge in [0, 0.05) is 11.5 Å². The highest BCUT2D eigenvalue weighted by atomic mass is 32.2. The van der Waals surface area contributed by atoms with Crippen LogP contribution in [0.2, 0.25) is 0 Å². The second kappa shape index (κ2) is 5.46. The fraction of sp³-hybridized carbons (Fsp3) is 0.556. The van der Waals surface area contributed by atoms with Crippen molar-refractivity contribution in [1.82, 2.24) is 0 Å². The summed E-state index contributed by atoms with van der Waals surface area (Å²) in [7, 11) is 2.56. The number of hydrogen-bond acceptors (Lipinski definition) is 6. The first-order valence-corrected chi connectivity index (χ1v) is 6.32. The maximum atomic E-state index is 11.7. The molecular formula is C9H12O4S2. The van der Waals surface area contributed by atoms with Crippen LogP contribution in [-0.4, -0.2) is 37.7 Å². The van der Waals surface area contributed by atoms with E-state index in [1.54, 1.807) is 0 Å². The average Bonchev–Trinajstić information content (AvgIpc) is 2.53. The Bertz CT molecular complexity index is 260. The Morgan fingerprint density at radius 1 is 1.07 bits per heavy atom. The fourth-order valence-corrected chi connectivity index (χ4v) is 3.41. The van der Waals surface area contributed by atoms with Crippen molar-refractivity contribution in [1.29, 1.82) is 0 Å². The van der Waals surface area contributed by atoms with Gasteiger partial charge in [-0.05, 0) is 10.8 Å². The van der Waals surface area contributed by atoms with Gasteiger partial charge in [-0.1, -0.05) is 0 Å². The molecule has 6 heteroatoms. The zero-order valence-electron chi connectivity index (χ0n) is 8.52. The first-order chi connectivity index (χ1) is 7.17. The largest absolute Gasteiger partial charge is 0.468 e. The third-order valence-corrected chi connectivity index (χ3v) is 4.21. The van der Waals surface area contributed by atoms with Crippen LogP contribution in [0.1, 0.15) is 0 Å². The summed E-state index contributed by atoms with van der Waals surface area (Å²) in [6.07, 6.45) is 0. The van der Waals surface area contributed by atoms with E-state index in [4.69, 9.17) is 0 Å². The van der Waals surface area contributed by atoms with Crippen LogP contribution < -0.4 is 0 Å². The SMILES string of the molecule is COC(=O)C1(C(=O)OC)CSC=CSC1. The van der Waals surface area contributed by atoms with Crippen molar-refractivity contribution in [2.75, 3.05) is 25.7 Å². The summed E-state index contributed by atoms with van der Waals surface area (Å²) < 4.78 is 9.35. The van der Waals surface area contributed by atoms with Crippen molar-refractivity contribution in [2.24, 2.45) is 5.41 Å². The van der Waals surface area contributed by atoms with Crippen molar-refractivity contribution in [3.05, 3.63) is 10.8 Å². The summed E-state index contributed by atoms with van der Waals surface area (Å²) in [5.41, 5.74) is -1.18. The van der Waals surface area contributed by atoms with Gasteiger partial charge in [-0.25, -0.2) is 0 Å². The van der Waals surface area contributed by atoms with Gasteiger partial charge in [0.2, 0.25) is 0 Å². The third-order valence-electron chi connectivity index (χ3n) is 2.06. The summed E-state index contributed by atoms with van der Waals surface area (Å²) in [6.45, 7) is 0. The van der Waals surface area contributed by atoms with Crippen LogP contribution in [0.3, 0.4) is 0 Å². The second-order valence-electron chi connectivity index (χ2n) is 2.96. The van der Waals surface area contributed by atoms with E-state index < -0.39 is 17.4 Å². The minimum Gasteiger partial charge on any atom is -0.468 e. The molecule has 0 aliphatic carbocycles. The Morgan fingerprint density at radius 2 is 1.47 bits per heavy atom. The zero-order valence-corrected chi connectivity index (χ0v) is 10.2. The molecule has 0 fully saturated rings. The molecule has 0 aromatic carbocycles. The molecule has 0 aromatic rings. The van der Waals surface area contributed by atoms with E-state index in [1.165, 1.54) is 37.7 Å². The molecule has 1 rings (SSSR count). The third kappa shape index (κ3) is 2.49. The van der Waals surface area contributed by atoms with Gasteiger partial charge in [0.1, 0.15) is 0 Å². The van der Waals surface area contributed by atoms with Gasteiger partial charge in [0.25, 0.3) is 0 Å². The molecule has 0 N–H and O–H groups in total. The molecule has 0 aromatic heterocycles. The summed E-state index contributed by atoms with van der Waals surface area (Å²) >= 11 is 2.81. The number of ether oxygens (including phenoxy) is 2. The van der Waals surface area contributed by atoms with E-state index in [-0.39, 0.29) is 0 Å². The maximum absolute atomic E-state index is 11.7. The quantitative estimate of drug-likeness (QED) is 0.542. The molecule has 1 heterocycles. The highest BCUT2D eigenvalue weighted by molar-refractivity contribution is 8.06. The van der Waals surface area contributed by atoms with E-state index in [0.717, 1.165) is 0 Å². The number of esters is 2. The van der Waals surface area contributed by atoms with E-state index in [2.05, 4.69) is 9.47 Å². The predicted molar refractivity (Wildman–Crippen MR) is 60.5 cm³/mol. The van der Waals surface area contributed by atoms with Crippen molar-refractivity contribution in [2.45, 2.75) is 0 Å². The van der Waals surface area contributed by atoms with Gasteiger partial charge in [-0.15, -0.1) is 23.5 Å². The molecule has 0 unspecified atom stereocenters. The first-order valence-electron chi connectivity index (χ1n) is 4.22. The van der Waals surface area contributed by atoms with Crippen LogP contribution in [0.5, 0.6) is 0 Å². The van der Waals surface area contributed by atoms with Crippen LogP contribution >= 0.6 is 23.5 Å². The smallest absolute Gasteiger partial charge is 0.324 e. The number of rotatable bonds is 2. The van der Waals surface area contributed by atoms with Gasteiger partial charge in [-0.3, -0.25) is 9.59 Å². The Balaban J connectivity index is 2.94. The lowest BCUT2D eigenvalue weighted by Gasteiger charge is -2.25. The first kappa shape index (κ1) is 12.4. The van der Waals surface area contributed by atoms with Crippen LogP contribution in [0.25, 0.3) is 0 Å². The van der Waals surface area contributed by atoms with Gasteiger partial charge < -0.3 is 9.47 Å². The molecule has 84 valence electrons. The predicted octanol–water partition coefficient (Wildman–Crippen LogP) is 1.27. The molecule has 0 spiro atoms. The van der Waals surface area contributed by atoms with Crippen LogP contribution in [0.15, 0.2) is 10.8 Å². The minimum atomic E-state index is -1.18. The molecule has 0 amide bonds. The molecule has 0 atom stereocenters. The normalized spacial score (nSPS) is 19.1. The number of carbonyl (C=O) groups is 2. The van der Waals surface area contributed by atoms with Gasteiger partial charge >= 0.3 is 11.9 Å². The monoisotopic (exact) mass is 248 g/mol. The lowest BCUT2D eigenvalue weighted by atomic mass is 9.93. The molecule has 15 heavy (non-hydrogen) atoms. The summed E-state index contributed by atoms with van der Waals surface area (Å²) in [6, 6.07) is 0. The molecule has 1 aliphatic heterocycles. The highest BCUT2D eigenvalue weighted by Gasteiger charge is 2.48. The molecule has 0 bridgehead atoms. The van der Waals surface area contributed by atoms with E-state index in [1.807, 2.05) is 10.8 Å². The van der Waals surface area contributed by atoms with E-state index in [0.29, 0.717) is 11.5 Å². The fourth-order valence-electron chi connectivity index (χ4n) is 1.21. The van der Waals surface area contributed by atoms with Gasteiger partial charge in [0.05, 0.1) is 14.2 Å². The van der Waals surface area contributed by atoms with Crippen molar-refractivity contribution >= 4 is 35.5 Å². The Labute approximate surface area is 96.8 Å². The maximum Gasteiger partial charge on any atom is 0.324 e. The minimum absolute atomic E-state index is 0.357. The van der Waals surface area contributed by atoms with Gasteiger partial charge in [-0.2, -0.15) is 0 Å². The van der Waals surface area contributed by atoms with Crippen LogP contribution in [0.4, 0.5) is 0 Å². The molecule has 4 nitrogen and oxygen atoms in total. The Kier molecular flexibility index (Phi) is 4.53. The molecule has 0 saturated carbocycles. The molecule has 0 radical (unpaired) electrons. The number of carbonyl (C=O) groups excluding carboxylic acids is 2. The van der Waals surface area contributed by atoms with Crippen molar-refractivity contribution < 1.29 is 19.1 Å². The number of thioether (sulfide) groups is 2. The second-order valence-corrected chi connectivity index (χ2v) is 4.75. The summed E-state index contributed by atoms with van der Waals surface area (Å²) in [5, 5.41) is 3.72.